The van der Waals surface area contributed by atoms with Gasteiger partial charge in [0.2, 0.25) is 0 Å². The Morgan fingerprint density at radius 2 is 1.20 bits per heavy atom. The van der Waals surface area contributed by atoms with Crippen LogP contribution in [-0.4, -0.2) is 0 Å². The maximum atomic E-state index is 7.11. The fourth-order valence-electron chi connectivity index (χ4n) is 7.85. The zero-order valence-electron chi connectivity index (χ0n) is 30.5. The molecule has 0 fully saturated rings. The molecule has 8 aromatic rings. The third kappa shape index (κ3) is 5.66. The number of furan rings is 2. The highest BCUT2D eigenvalue weighted by Crippen LogP contribution is 2.42. The van der Waals surface area contributed by atoms with E-state index in [1.165, 1.54) is 5.57 Å². The fraction of sp³-hybridized carbons (Fsp3) is 0.102. The molecule has 3 N–H and O–H groups in total. The number of hydrogen-bond acceptors (Lipinski definition) is 5. The second kappa shape index (κ2) is 13.7. The molecular formula is C49H41N3O2. The van der Waals surface area contributed by atoms with E-state index in [9.17, 15) is 0 Å². The van der Waals surface area contributed by atoms with E-state index in [1.807, 2.05) is 44.2 Å². The number of hydrogen-bond donors (Lipinski definition) is 2. The number of para-hydroxylation sites is 3. The van der Waals surface area contributed by atoms with Gasteiger partial charge in [-0.25, -0.2) is 0 Å². The summed E-state index contributed by atoms with van der Waals surface area (Å²) in [5, 5.41) is 8.24. The summed E-state index contributed by atoms with van der Waals surface area (Å²) in [5.74, 6) is 0.654. The van der Waals surface area contributed by atoms with Crippen LogP contribution in [-0.2, 0) is 0 Å². The van der Waals surface area contributed by atoms with Gasteiger partial charge >= 0.3 is 0 Å². The fourth-order valence-corrected chi connectivity index (χ4v) is 7.85. The first-order chi connectivity index (χ1) is 26.6. The lowest BCUT2D eigenvalue weighted by molar-refractivity contribution is 0.646. The third-order valence-electron chi connectivity index (χ3n) is 10.5. The molecule has 5 heteroatoms. The highest BCUT2D eigenvalue weighted by Gasteiger charge is 2.34. The summed E-state index contributed by atoms with van der Waals surface area (Å²) < 4.78 is 12.4. The quantitative estimate of drug-likeness (QED) is 0.180. The van der Waals surface area contributed by atoms with Crippen molar-refractivity contribution in [3.05, 3.63) is 186 Å². The lowest BCUT2D eigenvalue weighted by Gasteiger charge is -2.29. The number of nitrogens with one attached hydrogen (secondary N) is 1. The van der Waals surface area contributed by atoms with E-state index in [4.69, 9.17) is 14.6 Å². The van der Waals surface area contributed by atoms with Crippen LogP contribution in [0.2, 0.25) is 0 Å². The summed E-state index contributed by atoms with van der Waals surface area (Å²) >= 11 is 0. The topological polar surface area (TPSA) is 67.6 Å². The van der Waals surface area contributed by atoms with Gasteiger partial charge in [0.15, 0.2) is 0 Å². The zero-order chi connectivity index (χ0) is 36.8. The van der Waals surface area contributed by atoms with Crippen molar-refractivity contribution in [3.8, 4) is 22.3 Å². The SMILES string of the molecule is C=C(C1=CC=CCC1)C1=C(N)N(c2ccccc2)C(c2cc(-c3ccc4oc5ccccc5c4c3)cc(-c3ccc4oc5ccccc5c4c3)c2)N1.CC. The number of benzene rings is 6. The van der Waals surface area contributed by atoms with Crippen molar-refractivity contribution in [2.45, 2.75) is 32.9 Å². The summed E-state index contributed by atoms with van der Waals surface area (Å²) in [6.07, 6.45) is 8.08. The molecule has 0 spiro atoms. The van der Waals surface area contributed by atoms with Crippen molar-refractivity contribution in [1.82, 2.24) is 5.32 Å². The van der Waals surface area contributed by atoms with E-state index < -0.39 is 0 Å². The van der Waals surface area contributed by atoms with Crippen LogP contribution in [0.3, 0.4) is 0 Å². The zero-order valence-corrected chi connectivity index (χ0v) is 30.5. The molecule has 5 nitrogen and oxygen atoms in total. The lowest BCUT2D eigenvalue weighted by atomic mass is 9.93. The van der Waals surface area contributed by atoms with Gasteiger partial charge in [-0.1, -0.05) is 105 Å². The number of rotatable bonds is 6. The summed E-state index contributed by atoms with van der Waals surface area (Å²) in [6, 6.07) is 46.6. The Kier molecular flexibility index (Phi) is 8.40. The first-order valence-corrected chi connectivity index (χ1v) is 18.7. The molecule has 0 bridgehead atoms. The smallest absolute Gasteiger partial charge is 0.135 e. The van der Waals surface area contributed by atoms with Crippen LogP contribution in [0.25, 0.3) is 66.1 Å². The number of fused-ring (bicyclic) bond motifs is 6. The van der Waals surface area contributed by atoms with E-state index >= 15 is 0 Å². The third-order valence-corrected chi connectivity index (χ3v) is 10.5. The Bertz CT molecular complexity index is 2680. The summed E-state index contributed by atoms with van der Waals surface area (Å²) in [5.41, 5.74) is 20.1. The molecule has 54 heavy (non-hydrogen) atoms. The second-order valence-corrected chi connectivity index (χ2v) is 13.6. The normalized spacial score (nSPS) is 15.5. The number of nitrogens with two attached hydrogens (primary N) is 1. The van der Waals surface area contributed by atoms with E-state index in [2.05, 4.69) is 138 Å². The van der Waals surface area contributed by atoms with Crippen molar-refractivity contribution in [1.29, 1.82) is 0 Å². The predicted octanol–water partition coefficient (Wildman–Crippen LogP) is 12.9. The summed E-state index contributed by atoms with van der Waals surface area (Å²) in [4.78, 5) is 2.20. The first kappa shape index (κ1) is 33.1. The van der Waals surface area contributed by atoms with E-state index in [0.717, 1.165) is 101 Å². The van der Waals surface area contributed by atoms with Crippen molar-refractivity contribution < 1.29 is 8.83 Å². The second-order valence-electron chi connectivity index (χ2n) is 13.6. The number of anilines is 1. The average molecular weight is 704 g/mol. The maximum absolute atomic E-state index is 7.11. The van der Waals surface area contributed by atoms with Crippen LogP contribution in [0.1, 0.15) is 38.4 Å². The molecule has 1 aliphatic heterocycles. The number of nitrogens with zero attached hydrogens (tertiary/aromatic N) is 1. The average Bonchev–Trinajstić information content (AvgIpc) is 3.92. The van der Waals surface area contributed by atoms with Crippen LogP contribution in [0.5, 0.6) is 0 Å². The van der Waals surface area contributed by atoms with Crippen molar-refractivity contribution >= 4 is 49.6 Å². The Morgan fingerprint density at radius 1 is 0.648 bits per heavy atom. The van der Waals surface area contributed by atoms with Gasteiger partial charge in [-0.05, 0) is 119 Å². The predicted molar refractivity (Wildman–Crippen MR) is 225 cm³/mol. The summed E-state index contributed by atoms with van der Waals surface area (Å²) in [7, 11) is 0. The van der Waals surface area contributed by atoms with Gasteiger partial charge in [0.1, 0.15) is 34.3 Å². The molecule has 0 saturated heterocycles. The van der Waals surface area contributed by atoms with Crippen LogP contribution < -0.4 is 16.0 Å². The Hall–Kier alpha value is -6.72. The monoisotopic (exact) mass is 703 g/mol. The van der Waals surface area contributed by atoms with Crippen molar-refractivity contribution in [2.24, 2.45) is 5.73 Å². The molecule has 264 valence electrons. The molecule has 1 unspecified atom stereocenters. The Labute approximate surface area is 315 Å². The molecule has 0 saturated carbocycles. The van der Waals surface area contributed by atoms with Crippen LogP contribution >= 0.6 is 0 Å². The Balaban J connectivity index is 0.00000189. The van der Waals surface area contributed by atoms with Crippen molar-refractivity contribution in [3.63, 3.8) is 0 Å². The van der Waals surface area contributed by atoms with Crippen LogP contribution in [0.15, 0.2) is 190 Å². The molecule has 0 amide bonds. The van der Waals surface area contributed by atoms with Gasteiger partial charge in [0.25, 0.3) is 0 Å². The van der Waals surface area contributed by atoms with Crippen LogP contribution in [0.4, 0.5) is 5.69 Å². The molecule has 6 aromatic carbocycles. The van der Waals surface area contributed by atoms with E-state index in [-0.39, 0.29) is 6.17 Å². The minimum atomic E-state index is -0.287. The molecule has 10 rings (SSSR count). The lowest BCUT2D eigenvalue weighted by Crippen LogP contribution is -2.31. The molecule has 1 atom stereocenters. The molecule has 1 aliphatic carbocycles. The minimum Gasteiger partial charge on any atom is -0.456 e. The molecule has 0 radical (unpaired) electrons. The van der Waals surface area contributed by atoms with E-state index in [1.54, 1.807) is 0 Å². The number of allylic oxidation sites excluding steroid dienone is 4. The molecule has 3 heterocycles. The standard InChI is InChI=1S/C47H35N3O2.C2H6/c1-29(30-12-4-2-5-13-30)45-46(48)50(36-14-6-3-7-15-36)47(49-45)35-25-33(31-20-22-43-39(27-31)37-16-8-10-18-41(37)51-43)24-34(26-35)32-21-23-44-40(28-32)38-17-9-11-19-42(38)52-44;1-2/h2-4,6-12,14-28,47,49H,1,5,13,48H2;1-2H3. The first-order valence-electron chi connectivity index (χ1n) is 18.7. The van der Waals surface area contributed by atoms with Gasteiger partial charge in [0.05, 0.1) is 5.70 Å². The minimum absolute atomic E-state index is 0.287. The highest BCUT2D eigenvalue weighted by atomic mass is 16.3. The van der Waals surface area contributed by atoms with Crippen molar-refractivity contribution in [2.75, 3.05) is 4.90 Å². The molecule has 2 aromatic heterocycles. The largest absolute Gasteiger partial charge is 0.456 e. The van der Waals surface area contributed by atoms with Gasteiger partial charge in [-0.15, -0.1) is 0 Å². The van der Waals surface area contributed by atoms with Gasteiger partial charge in [0, 0.05) is 27.2 Å². The molecule has 2 aliphatic rings. The van der Waals surface area contributed by atoms with Gasteiger partial charge in [-0.2, -0.15) is 0 Å². The maximum Gasteiger partial charge on any atom is 0.135 e. The van der Waals surface area contributed by atoms with Gasteiger partial charge < -0.3 is 24.8 Å². The van der Waals surface area contributed by atoms with Crippen LogP contribution in [0, 0.1) is 0 Å². The van der Waals surface area contributed by atoms with E-state index in [0.29, 0.717) is 5.82 Å². The molecular weight excluding hydrogens is 663 g/mol. The van der Waals surface area contributed by atoms with Gasteiger partial charge in [-0.3, -0.25) is 0 Å². The summed E-state index contributed by atoms with van der Waals surface area (Å²) in [6.45, 7) is 8.55. The highest BCUT2D eigenvalue weighted by molar-refractivity contribution is 6.07. The Morgan fingerprint density at radius 3 is 1.78 bits per heavy atom.